The van der Waals surface area contributed by atoms with Crippen molar-refractivity contribution in [1.82, 2.24) is 16.0 Å². The van der Waals surface area contributed by atoms with Gasteiger partial charge in [0.25, 0.3) is 0 Å². The van der Waals surface area contributed by atoms with Crippen molar-refractivity contribution >= 4 is 23.7 Å². The topological polar surface area (TPSA) is 88.7 Å². The SMILES string of the molecule is CC.CCNC(=O)CCCCC1SCC2NC(=O)NC21.CCOC1CCCCO1. The second-order valence-electron chi connectivity index (χ2n) is 7.07. The number of rotatable bonds is 8. The molecule has 0 aromatic rings. The maximum atomic E-state index is 11.3. The summed E-state index contributed by atoms with van der Waals surface area (Å²) >= 11 is 1.93. The number of nitrogens with one attached hydrogen (secondary N) is 3. The Morgan fingerprint density at radius 2 is 2.03 bits per heavy atom. The fourth-order valence-corrected chi connectivity index (χ4v) is 5.13. The van der Waals surface area contributed by atoms with Crippen LogP contribution in [0.4, 0.5) is 4.79 Å². The predicted molar refractivity (Wildman–Crippen MR) is 119 cm³/mol. The van der Waals surface area contributed by atoms with E-state index < -0.39 is 0 Å². The molecule has 0 spiro atoms. The van der Waals surface area contributed by atoms with Crippen LogP contribution < -0.4 is 16.0 Å². The van der Waals surface area contributed by atoms with Crippen molar-refractivity contribution in [3.05, 3.63) is 0 Å². The van der Waals surface area contributed by atoms with Gasteiger partial charge in [0, 0.05) is 37.2 Å². The van der Waals surface area contributed by atoms with Crippen molar-refractivity contribution in [3.8, 4) is 0 Å². The predicted octanol–water partition coefficient (Wildman–Crippen LogP) is 3.42. The van der Waals surface area contributed by atoms with Crippen LogP contribution in [0.2, 0.25) is 0 Å². The molecule has 3 fully saturated rings. The molecule has 4 atom stereocenters. The van der Waals surface area contributed by atoms with Crippen molar-refractivity contribution in [2.45, 2.75) is 96.3 Å². The molecule has 4 unspecified atom stereocenters. The van der Waals surface area contributed by atoms with Crippen LogP contribution in [0.5, 0.6) is 0 Å². The van der Waals surface area contributed by atoms with Crippen molar-refractivity contribution in [3.63, 3.8) is 0 Å². The van der Waals surface area contributed by atoms with Gasteiger partial charge in [-0.2, -0.15) is 11.8 Å². The molecule has 3 aliphatic heterocycles. The van der Waals surface area contributed by atoms with Gasteiger partial charge in [0.2, 0.25) is 5.91 Å². The average molecular weight is 432 g/mol. The zero-order chi connectivity index (χ0) is 21.5. The summed E-state index contributed by atoms with van der Waals surface area (Å²) in [5.41, 5.74) is 0. The van der Waals surface area contributed by atoms with E-state index in [1.54, 1.807) is 0 Å². The lowest BCUT2D eigenvalue weighted by atomic mass is 10.0. The summed E-state index contributed by atoms with van der Waals surface area (Å²) < 4.78 is 10.6. The van der Waals surface area contributed by atoms with E-state index in [0.29, 0.717) is 24.3 Å². The number of urea groups is 1. The number of carbonyl (C=O) groups excluding carboxylic acids is 2. The first-order chi connectivity index (χ1) is 14.1. The zero-order valence-corrected chi connectivity index (χ0v) is 19.4. The van der Waals surface area contributed by atoms with Gasteiger partial charge in [0.15, 0.2) is 6.29 Å². The smallest absolute Gasteiger partial charge is 0.315 e. The molecule has 3 rings (SSSR count). The van der Waals surface area contributed by atoms with Gasteiger partial charge < -0.3 is 25.4 Å². The van der Waals surface area contributed by atoms with Crippen LogP contribution in [-0.2, 0) is 14.3 Å². The third-order valence-corrected chi connectivity index (χ3v) is 6.45. The summed E-state index contributed by atoms with van der Waals surface area (Å²) in [4.78, 5) is 22.5. The highest BCUT2D eigenvalue weighted by molar-refractivity contribution is 8.00. The number of hydrogen-bond acceptors (Lipinski definition) is 5. The first-order valence-corrected chi connectivity index (χ1v) is 12.4. The van der Waals surface area contributed by atoms with E-state index in [0.717, 1.165) is 44.6 Å². The van der Waals surface area contributed by atoms with Crippen LogP contribution in [0, 0.1) is 0 Å². The van der Waals surface area contributed by atoms with E-state index >= 15 is 0 Å². The molecule has 7 nitrogen and oxygen atoms in total. The molecule has 3 heterocycles. The van der Waals surface area contributed by atoms with Crippen LogP contribution in [0.25, 0.3) is 0 Å². The molecule has 0 radical (unpaired) electrons. The Hall–Kier alpha value is -0.990. The van der Waals surface area contributed by atoms with E-state index in [4.69, 9.17) is 9.47 Å². The standard InChI is InChI=1S/C12H21N3O2S.C7H14O2.C2H6/c1-2-13-10(16)6-4-3-5-9-11-8(7-18-9)14-12(17)15-11;1-2-8-7-5-3-4-6-9-7;1-2/h8-9,11H,2-7H2,1H3,(H,13,16)(H2,14,15,17);7H,2-6H2,1H3;1-2H3. The molecule has 3 saturated heterocycles. The Morgan fingerprint density at radius 1 is 1.24 bits per heavy atom. The second kappa shape index (κ2) is 15.8. The summed E-state index contributed by atoms with van der Waals surface area (Å²) in [5.74, 6) is 1.15. The molecule has 0 saturated carbocycles. The number of hydrogen-bond donors (Lipinski definition) is 3. The highest BCUT2D eigenvalue weighted by Crippen LogP contribution is 2.33. The first-order valence-electron chi connectivity index (χ1n) is 11.3. The van der Waals surface area contributed by atoms with E-state index in [9.17, 15) is 9.59 Å². The van der Waals surface area contributed by atoms with Crippen molar-refractivity contribution in [2.24, 2.45) is 0 Å². The quantitative estimate of drug-likeness (QED) is 0.405. The Bertz CT molecular complexity index is 458. The third-order valence-electron chi connectivity index (χ3n) is 4.95. The molecular formula is C21H41N3O4S. The van der Waals surface area contributed by atoms with Crippen molar-refractivity contribution < 1.29 is 19.1 Å². The largest absolute Gasteiger partial charge is 0.356 e. The molecule has 3 aliphatic rings. The Balaban J connectivity index is 0.000000321. The molecule has 3 N–H and O–H groups in total. The maximum absolute atomic E-state index is 11.3. The normalized spacial score (nSPS) is 27.4. The van der Waals surface area contributed by atoms with E-state index in [2.05, 4.69) is 16.0 Å². The monoisotopic (exact) mass is 431 g/mol. The average Bonchev–Trinajstić information content (AvgIpc) is 3.28. The molecule has 0 bridgehead atoms. The van der Waals surface area contributed by atoms with Gasteiger partial charge in [-0.15, -0.1) is 0 Å². The van der Waals surface area contributed by atoms with E-state index in [1.807, 2.05) is 39.5 Å². The molecule has 29 heavy (non-hydrogen) atoms. The van der Waals surface area contributed by atoms with E-state index in [-0.39, 0.29) is 24.3 Å². The van der Waals surface area contributed by atoms with Crippen LogP contribution in [0.1, 0.15) is 72.6 Å². The summed E-state index contributed by atoms with van der Waals surface area (Å²) in [5, 5.41) is 9.23. The number of unbranched alkanes of at least 4 members (excludes halogenated alkanes) is 1. The molecule has 0 aromatic heterocycles. The van der Waals surface area contributed by atoms with Gasteiger partial charge in [-0.3, -0.25) is 4.79 Å². The van der Waals surface area contributed by atoms with Gasteiger partial charge in [-0.05, 0) is 46.0 Å². The van der Waals surface area contributed by atoms with E-state index in [1.165, 1.54) is 12.8 Å². The zero-order valence-electron chi connectivity index (χ0n) is 18.6. The summed E-state index contributed by atoms with van der Waals surface area (Å²) in [7, 11) is 0. The number of amides is 3. The molecular weight excluding hydrogens is 390 g/mol. The van der Waals surface area contributed by atoms with Gasteiger partial charge in [-0.25, -0.2) is 4.79 Å². The molecule has 3 amide bonds. The van der Waals surface area contributed by atoms with Gasteiger partial charge in [0.1, 0.15) is 0 Å². The second-order valence-corrected chi connectivity index (χ2v) is 8.34. The van der Waals surface area contributed by atoms with Gasteiger partial charge in [0.05, 0.1) is 12.1 Å². The lowest BCUT2D eigenvalue weighted by Gasteiger charge is -2.21. The molecule has 8 heteroatoms. The minimum atomic E-state index is -0.0300. The fraction of sp³-hybridized carbons (Fsp3) is 0.905. The van der Waals surface area contributed by atoms with Crippen molar-refractivity contribution in [2.75, 3.05) is 25.5 Å². The lowest BCUT2D eigenvalue weighted by Crippen LogP contribution is -2.36. The van der Waals surface area contributed by atoms with Gasteiger partial charge >= 0.3 is 6.03 Å². The van der Waals surface area contributed by atoms with Gasteiger partial charge in [-0.1, -0.05) is 20.3 Å². The first kappa shape index (κ1) is 26.0. The Kier molecular flexibility index (Phi) is 14.2. The number of thioether (sulfide) groups is 1. The molecule has 0 aromatic carbocycles. The summed E-state index contributed by atoms with van der Waals surface area (Å²) in [6.07, 6.45) is 7.30. The number of fused-ring (bicyclic) bond motifs is 1. The van der Waals surface area contributed by atoms with Crippen LogP contribution in [-0.4, -0.2) is 61.1 Å². The maximum Gasteiger partial charge on any atom is 0.315 e. The Morgan fingerprint density at radius 3 is 2.69 bits per heavy atom. The Labute approximate surface area is 180 Å². The van der Waals surface area contributed by atoms with Crippen LogP contribution in [0.3, 0.4) is 0 Å². The minimum absolute atomic E-state index is 0.0300. The highest BCUT2D eigenvalue weighted by Gasteiger charge is 2.42. The number of ether oxygens (including phenoxy) is 2. The third kappa shape index (κ3) is 10.0. The fourth-order valence-electron chi connectivity index (χ4n) is 3.59. The van der Waals surface area contributed by atoms with Crippen LogP contribution in [0.15, 0.2) is 0 Å². The van der Waals surface area contributed by atoms with Crippen LogP contribution >= 0.6 is 11.8 Å². The van der Waals surface area contributed by atoms with Crippen molar-refractivity contribution in [1.29, 1.82) is 0 Å². The molecule has 0 aliphatic carbocycles. The highest BCUT2D eigenvalue weighted by atomic mass is 32.2. The number of carbonyl (C=O) groups is 2. The summed E-state index contributed by atoms with van der Waals surface area (Å²) in [6, 6.07) is 0.556. The molecule has 170 valence electrons. The summed E-state index contributed by atoms with van der Waals surface area (Å²) in [6.45, 7) is 10.3. The lowest BCUT2D eigenvalue weighted by molar-refractivity contribution is -0.159. The minimum Gasteiger partial charge on any atom is -0.356 e.